The summed E-state index contributed by atoms with van der Waals surface area (Å²) in [5.74, 6) is -2.60. The van der Waals surface area contributed by atoms with Gasteiger partial charge in [0.15, 0.2) is 0 Å². The van der Waals surface area contributed by atoms with Crippen LogP contribution in [0.1, 0.15) is 41.6 Å². The number of anilines is 1. The van der Waals surface area contributed by atoms with Crippen LogP contribution < -0.4 is 10.6 Å². The Hall–Kier alpha value is -2.41. The van der Waals surface area contributed by atoms with Crippen molar-refractivity contribution in [1.29, 1.82) is 0 Å². The number of likely N-dealkylation sites (N-methyl/N-ethyl adjacent to an activating group) is 1. The topological polar surface area (TPSA) is 98.7 Å². The van der Waals surface area contributed by atoms with E-state index in [9.17, 15) is 14.4 Å². The maximum absolute atomic E-state index is 12.1. The van der Waals surface area contributed by atoms with Gasteiger partial charge in [-0.05, 0) is 51.6 Å². The Bertz CT molecular complexity index is 679. The number of amides is 2. The second kappa shape index (κ2) is 7.65. The van der Waals surface area contributed by atoms with Crippen molar-refractivity contribution in [3.05, 3.63) is 29.3 Å². The first-order valence-corrected chi connectivity index (χ1v) is 8.36. The van der Waals surface area contributed by atoms with Crippen molar-refractivity contribution in [3.8, 4) is 0 Å². The molecule has 2 amide bonds. The van der Waals surface area contributed by atoms with Gasteiger partial charge in [0.25, 0.3) is 0 Å². The second-order valence-corrected chi connectivity index (χ2v) is 6.80. The molecule has 0 aromatic heterocycles. The molecule has 1 aromatic rings. The minimum absolute atomic E-state index is 0.0545. The van der Waals surface area contributed by atoms with Gasteiger partial charge in [-0.1, -0.05) is 18.9 Å². The van der Waals surface area contributed by atoms with Crippen LogP contribution in [0.3, 0.4) is 0 Å². The van der Waals surface area contributed by atoms with Crippen molar-refractivity contribution >= 4 is 23.5 Å². The maximum atomic E-state index is 12.1. The Balaban J connectivity index is 2.00. The van der Waals surface area contributed by atoms with Gasteiger partial charge < -0.3 is 20.6 Å². The van der Waals surface area contributed by atoms with Gasteiger partial charge in [0, 0.05) is 17.8 Å². The standard InChI is InChI=1S/C18H25N3O4/c1-12-6-7-13(17(24)25)10-14(12)20-16(23)15(22)19-11-18(21(2)3)8-4-5-9-18/h6-7,10H,4-5,8-9,11H2,1-3H3,(H,19,22)(H,20,23)(H,24,25). The lowest BCUT2D eigenvalue weighted by Crippen LogP contribution is -2.52. The number of aryl methyl sites for hydroxylation is 1. The zero-order valence-electron chi connectivity index (χ0n) is 14.9. The molecule has 1 saturated carbocycles. The predicted molar refractivity (Wildman–Crippen MR) is 94.7 cm³/mol. The van der Waals surface area contributed by atoms with Gasteiger partial charge in [0.2, 0.25) is 0 Å². The molecule has 0 aliphatic heterocycles. The number of carboxylic acid groups (broad SMARTS) is 1. The molecule has 3 N–H and O–H groups in total. The van der Waals surface area contributed by atoms with E-state index in [1.807, 2.05) is 14.1 Å². The molecule has 0 bridgehead atoms. The van der Waals surface area contributed by atoms with Crippen LogP contribution in [0.4, 0.5) is 5.69 Å². The number of hydrogen-bond acceptors (Lipinski definition) is 4. The summed E-state index contributed by atoms with van der Waals surface area (Å²) in [6, 6.07) is 4.39. The second-order valence-electron chi connectivity index (χ2n) is 6.80. The molecule has 2 rings (SSSR count). The average Bonchev–Trinajstić information content (AvgIpc) is 3.04. The Morgan fingerprint density at radius 2 is 1.80 bits per heavy atom. The van der Waals surface area contributed by atoms with Gasteiger partial charge in [-0.25, -0.2) is 4.79 Å². The van der Waals surface area contributed by atoms with Crippen LogP contribution in [0.15, 0.2) is 18.2 Å². The Morgan fingerprint density at radius 3 is 2.36 bits per heavy atom. The lowest BCUT2D eigenvalue weighted by Gasteiger charge is -2.36. The highest BCUT2D eigenvalue weighted by Crippen LogP contribution is 2.33. The zero-order chi connectivity index (χ0) is 18.6. The highest BCUT2D eigenvalue weighted by Gasteiger charge is 2.36. The molecule has 1 aliphatic carbocycles. The van der Waals surface area contributed by atoms with Crippen LogP contribution in [-0.4, -0.2) is 54.0 Å². The summed E-state index contributed by atoms with van der Waals surface area (Å²) in [5, 5.41) is 14.2. The first-order chi connectivity index (χ1) is 11.7. The van der Waals surface area contributed by atoms with Crippen LogP contribution in [0, 0.1) is 6.92 Å². The molecule has 1 aromatic carbocycles. The fourth-order valence-corrected chi connectivity index (χ4v) is 3.21. The summed E-state index contributed by atoms with van der Waals surface area (Å²) >= 11 is 0. The van der Waals surface area contributed by atoms with Gasteiger partial charge in [0.05, 0.1) is 5.56 Å². The van der Waals surface area contributed by atoms with E-state index >= 15 is 0 Å². The summed E-state index contributed by atoms with van der Waals surface area (Å²) in [7, 11) is 3.97. The molecule has 0 unspecified atom stereocenters. The zero-order valence-corrected chi connectivity index (χ0v) is 14.9. The first kappa shape index (κ1) is 18.9. The quantitative estimate of drug-likeness (QED) is 0.703. The molecule has 1 aliphatic rings. The molecular weight excluding hydrogens is 322 g/mol. The number of nitrogens with zero attached hydrogens (tertiary/aromatic N) is 1. The molecule has 0 radical (unpaired) electrons. The largest absolute Gasteiger partial charge is 0.478 e. The average molecular weight is 347 g/mol. The van der Waals surface area contributed by atoms with Crippen molar-refractivity contribution in [2.24, 2.45) is 0 Å². The summed E-state index contributed by atoms with van der Waals surface area (Å²) in [6.07, 6.45) is 4.20. The van der Waals surface area contributed by atoms with Crippen molar-refractivity contribution in [2.75, 3.05) is 26.0 Å². The lowest BCUT2D eigenvalue weighted by atomic mass is 9.96. The molecule has 7 heteroatoms. The van der Waals surface area contributed by atoms with Crippen LogP contribution in [0.25, 0.3) is 0 Å². The molecule has 25 heavy (non-hydrogen) atoms. The van der Waals surface area contributed by atoms with E-state index in [0.717, 1.165) is 25.7 Å². The summed E-state index contributed by atoms with van der Waals surface area (Å²) in [4.78, 5) is 37.4. The van der Waals surface area contributed by atoms with Crippen LogP contribution in [0.2, 0.25) is 0 Å². The van der Waals surface area contributed by atoms with Crippen LogP contribution in [0.5, 0.6) is 0 Å². The molecule has 0 heterocycles. The Labute approximate surface area is 147 Å². The number of aromatic carboxylic acids is 1. The van der Waals surface area contributed by atoms with Gasteiger partial charge >= 0.3 is 17.8 Å². The molecule has 136 valence electrons. The summed E-state index contributed by atoms with van der Waals surface area (Å²) in [5.41, 5.74) is 0.962. The van der Waals surface area contributed by atoms with Gasteiger partial charge in [-0.15, -0.1) is 0 Å². The predicted octanol–water partition coefficient (Wildman–Crippen LogP) is 1.62. The molecule has 1 fully saturated rings. The minimum Gasteiger partial charge on any atom is -0.478 e. The maximum Gasteiger partial charge on any atom is 0.335 e. The molecular formula is C18H25N3O4. The minimum atomic E-state index is -1.09. The number of carbonyl (C=O) groups excluding carboxylic acids is 2. The normalized spacial score (nSPS) is 15.8. The molecule has 0 saturated heterocycles. The third-order valence-electron chi connectivity index (χ3n) is 5.00. The van der Waals surface area contributed by atoms with E-state index in [4.69, 9.17) is 5.11 Å². The van der Waals surface area contributed by atoms with Crippen molar-refractivity contribution in [3.63, 3.8) is 0 Å². The third-order valence-corrected chi connectivity index (χ3v) is 5.00. The Kier molecular flexibility index (Phi) is 5.79. The number of hydrogen-bond donors (Lipinski definition) is 3. The van der Waals surface area contributed by atoms with Crippen LogP contribution >= 0.6 is 0 Å². The van der Waals surface area contributed by atoms with Gasteiger partial charge in [0.1, 0.15) is 0 Å². The number of benzene rings is 1. The highest BCUT2D eigenvalue weighted by atomic mass is 16.4. The molecule has 7 nitrogen and oxygen atoms in total. The monoisotopic (exact) mass is 347 g/mol. The fourth-order valence-electron chi connectivity index (χ4n) is 3.21. The fraction of sp³-hybridized carbons (Fsp3) is 0.500. The van der Waals surface area contributed by atoms with Crippen molar-refractivity contribution in [1.82, 2.24) is 10.2 Å². The third kappa shape index (κ3) is 4.36. The van der Waals surface area contributed by atoms with E-state index in [-0.39, 0.29) is 11.1 Å². The van der Waals surface area contributed by atoms with Crippen LogP contribution in [-0.2, 0) is 9.59 Å². The number of nitrogens with one attached hydrogen (secondary N) is 2. The van der Waals surface area contributed by atoms with E-state index in [2.05, 4.69) is 15.5 Å². The van der Waals surface area contributed by atoms with E-state index in [1.54, 1.807) is 13.0 Å². The van der Waals surface area contributed by atoms with Crippen molar-refractivity contribution in [2.45, 2.75) is 38.1 Å². The number of carboxylic acids is 1. The summed E-state index contributed by atoms with van der Waals surface area (Å²) < 4.78 is 0. The smallest absolute Gasteiger partial charge is 0.335 e. The lowest BCUT2D eigenvalue weighted by molar-refractivity contribution is -0.136. The molecule has 0 spiro atoms. The van der Waals surface area contributed by atoms with Crippen molar-refractivity contribution < 1.29 is 19.5 Å². The SMILES string of the molecule is Cc1ccc(C(=O)O)cc1NC(=O)C(=O)NCC1(N(C)C)CCCC1. The van der Waals surface area contributed by atoms with E-state index < -0.39 is 17.8 Å². The number of rotatable bonds is 5. The van der Waals surface area contributed by atoms with E-state index in [0.29, 0.717) is 17.8 Å². The Morgan fingerprint density at radius 1 is 1.16 bits per heavy atom. The highest BCUT2D eigenvalue weighted by molar-refractivity contribution is 6.39. The first-order valence-electron chi connectivity index (χ1n) is 8.36. The van der Waals surface area contributed by atoms with Gasteiger partial charge in [-0.3, -0.25) is 9.59 Å². The van der Waals surface area contributed by atoms with Gasteiger partial charge in [-0.2, -0.15) is 0 Å². The summed E-state index contributed by atoms with van der Waals surface area (Å²) in [6.45, 7) is 2.15. The van der Waals surface area contributed by atoms with E-state index in [1.165, 1.54) is 12.1 Å². The number of carbonyl (C=O) groups is 3. The molecule has 0 atom stereocenters.